The van der Waals surface area contributed by atoms with Crippen molar-refractivity contribution in [1.82, 2.24) is 4.98 Å². The summed E-state index contributed by atoms with van der Waals surface area (Å²) in [6, 6.07) is 22.3. The average molecular weight is 384 g/mol. The summed E-state index contributed by atoms with van der Waals surface area (Å²) in [5.74, 6) is 0.229. The molecule has 0 aliphatic carbocycles. The summed E-state index contributed by atoms with van der Waals surface area (Å²) in [6.45, 7) is 0. The summed E-state index contributed by atoms with van der Waals surface area (Å²) >= 11 is 3.27. The monoisotopic (exact) mass is 383 g/mol. The molecule has 6 heteroatoms. The number of nitrogens with one attached hydrogen (secondary N) is 1. The van der Waals surface area contributed by atoms with Crippen LogP contribution in [0.15, 0.2) is 77.4 Å². The third-order valence-corrected chi connectivity index (χ3v) is 4.03. The molecule has 5 nitrogen and oxygen atoms in total. The summed E-state index contributed by atoms with van der Waals surface area (Å²) in [4.78, 5) is 15.1. The molecule has 3 rings (SSSR count). The molecule has 0 aliphatic heterocycles. The Hall–Kier alpha value is -2.73. The number of pyridine rings is 1. The zero-order valence-corrected chi connectivity index (χ0v) is 14.2. The Kier molecular flexibility index (Phi) is 4.86. The standard InChI is InChI=1S/C18H14BrN3O2/c19-16-12-11-15(22(23)24)18(20-16)21-17(13-7-3-1-4-8-13)14-9-5-2-6-10-14/h1-12,17H,(H,20,21). The van der Waals surface area contributed by atoms with Crippen LogP contribution in [0.3, 0.4) is 0 Å². The van der Waals surface area contributed by atoms with Gasteiger partial charge in [0.1, 0.15) is 4.60 Å². The van der Waals surface area contributed by atoms with E-state index in [-0.39, 0.29) is 17.5 Å². The molecule has 0 bridgehead atoms. The normalized spacial score (nSPS) is 10.6. The molecule has 1 N–H and O–H groups in total. The number of anilines is 1. The van der Waals surface area contributed by atoms with Crippen LogP contribution in [0.1, 0.15) is 17.2 Å². The third kappa shape index (κ3) is 3.60. The van der Waals surface area contributed by atoms with Gasteiger partial charge in [-0.15, -0.1) is 0 Å². The molecule has 24 heavy (non-hydrogen) atoms. The molecule has 0 saturated heterocycles. The molecule has 2 aromatic carbocycles. The second kappa shape index (κ2) is 7.23. The number of aromatic nitrogens is 1. The Bertz CT molecular complexity index is 802. The quantitative estimate of drug-likeness (QED) is 0.384. The lowest BCUT2D eigenvalue weighted by Crippen LogP contribution is -2.14. The molecule has 0 amide bonds. The number of hydrogen-bond donors (Lipinski definition) is 1. The van der Waals surface area contributed by atoms with Crippen LogP contribution < -0.4 is 5.32 Å². The first-order valence-electron chi connectivity index (χ1n) is 7.32. The van der Waals surface area contributed by atoms with Crippen LogP contribution in [0.4, 0.5) is 11.5 Å². The van der Waals surface area contributed by atoms with Crippen molar-refractivity contribution < 1.29 is 4.92 Å². The second-order valence-electron chi connectivity index (χ2n) is 5.16. The summed E-state index contributed by atoms with van der Waals surface area (Å²) < 4.78 is 0.537. The molecular weight excluding hydrogens is 370 g/mol. The minimum absolute atomic E-state index is 0.0601. The maximum Gasteiger partial charge on any atom is 0.311 e. The molecule has 0 fully saturated rings. The van der Waals surface area contributed by atoms with Gasteiger partial charge in [-0.05, 0) is 33.1 Å². The predicted molar refractivity (Wildman–Crippen MR) is 96.9 cm³/mol. The minimum Gasteiger partial charge on any atom is -0.353 e. The fourth-order valence-electron chi connectivity index (χ4n) is 2.47. The van der Waals surface area contributed by atoms with Crippen molar-refractivity contribution in [2.24, 2.45) is 0 Å². The number of nitrogens with zero attached hydrogens (tertiary/aromatic N) is 2. The molecule has 3 aromatic rings. The zero-order valence-electron chi connectivity index (χ0n) is 12.6. The smallest absolute Gasteiger partial charge is 0.311 e. The highest BCUT2D eigenvalue weighted by Gasteiger charge is 2.21. The second-order valence-corrected chi connectivity index (χ2v) is 5.97. The SMILES string of the molecule is O=[N+]([O-])c1ccc(Br)nc1NC(c1ccccc1)c1ccccc1. The Morgan fingerprint density at radius 1 is 0.917 bits per heavy atom. The summed E-state index contributed by atoms with van der Waals surface area (Å²) in [5, 5.41) is 14.5. The zero-order chi connectivity index (χ0) is 16.9. The maximum absolute atomic E-state index is 11.3. The third-order valence-electron chi connectivity index (χ3n) is 3.58. The number of benzene rings is 2. The van der Waals surface area contributed by atoms with E-state index in [1.54, 1.807) is 6.07 Å². The Labute approximate surface area is 147 Å². The van der Waals surface area contributed by atoms with E-state index in [1.807, 2.05) is 60.7 Å². The highest BCUT2D eigenvalue weighted by molar-refractivity contribution is 9.10. The Balaban J connectivity index is 2.05. The highest BCUT2D eigenvalue weighted by Crippen LogP contribution is 2.31. The molecular formula is C18H14BrN3O2. The van der Waals surface area contributed by atoms with E-state index in [4.69, 9.17) is 0 Å². The van der Waals surface area contributed by atoms with Crippen molar-refractivity contribution in [3.05, 3.63) is 98.6 Å². The molecule has 0 unspecified atom stereocenters. The maximum atomic E-state index is 11.3. The van der Waals surface area contributed by atoms with Crippen LogP contribution in [0.25, 0.3) is 0 Å². The Morgan fingerprint density at radius 2 is 1.46 bits per heavy atom. The molecule has 1 heterocycles. The number of nitro groups is 1. The first-order chi connectivity index (χ1) is 11.6. The van der Waals surface area contributed by atoms with Gasteiger partial charge in [0.2, 0.25) is 5.82 Å². The summed E-state index contributed by atoms with van der Waals surface area (Å²) in [7, 11) is 0. The van der Waals surface area contributed by atoms with E-state index >= 15 is 0 Å². The van der Waals surface area contributed by atoms with E-state index in [0.717, 1.165) is 11.1 Å². The van der Waals surface area contributed by atoms with Crippen LogP contribution in [0.5, 0.6) is 0 Å². The van der Waals surface area contributed by atoms with Gasteiger partial charge in [0.05, 0.1) is 11.0 Å². The van der Waals surface area contributed by atoms with E-state index in [2.05, 4.69) is 26.2 Å². The van der Waals surface area contributed by atoms with Gasteiger partial charge in [-0.3, -0.25) is 10.1 Å². The summed E-state index contributed by atoms with van der Waals surface area (Å²) in [6.07, 6.45) is 0. The molecule has 1 aromatic heterocycles. The van der Waals surface area contributed by atoms with Crippen LogP contribution in [-0.2, 0) is 0 Å². The van der Waals surface area contributed by atoms with Gasteiger partial charge >= 0.3 is 5.69 Å². The molecule has 120 valence electrons. The Morgan fingerprint density at radius 3 is 1.96 bits per heavy atom. The fourth-order valence-corrected chi connectivity index (χ4v) is 2.78. The number of rotatable bonds is 5. The van der Waals surface area contributed by atoms with Crippen molar-refractivity contribution in [3.8, 4) is 0 Å². The summed E-state index contributed by atoms with van der Waals surface area (Å²) in [5.41, 5.74) is 1.94. The fraction of sp³-hybridized carbons (Fsp3) is 0.0556. The molecule has 0 atom stereocenters. The van der Waals surface area contributed by atoms with Crippen LogP contribution in [0, 0.1) is 10.1 Å². The average Bonchev–Trinajstić information content (AvgIpc) is 2.61. The lowest BCUT2D eigenvalue weighted by atomic mass is 9.99. The van der Waals surface area contributed by atoms with Crippen molar-refractivity contribution >= 4 is 27.4 Å². The van der Waals surface area contributed by atoms with Gasteiger partial charge < -0.3 is 5.32 Å². The topological polar surface area (TPSA) is 68.1 Å². The van der Waals surface area contributed by atoms with Crippen LogP contribution in [0.2, 0.25) is 0 Å². The van der Waals surface area contributed by atoms with E-state index in [1.165, 1.54) is 6.07 Å². The van der Waals surface area contributed by atoms with Gasteiger partial charge in [-0.2, -0.15) is 0 Å². The van der Waals surface area contributed by atoms with Gasteiger partial charge in [0.15, 0.2) is 0 Å². The van der Waals surface area contributed by atoms with Crippen molar-refractivity contribution in [3.63, 3.8) is 0 Å². The highest BCUT2D eigenvalue weighted by atomic mass is 79.9. The largest absolute Gasteiger partial charge is 0.353 e. The van der Waals surface area contributed by atoms with Crippen molar-refractivity contribution in [2.75, 3.05) is 5.32 Å². The lowest BCUT2D eigenvalue weighted by molar-refractivity contribution is -0.384. The first-order valence-corrected chi connectivity index (χ1v) is 8.12. The van der Waals surface area contributed by atoms with E-state index in [0.29, 0.717) is 4.60 Å². The molecule has 0 spiro atoms. The molecule has 0 aliphatic rings. The van der Waals surface area contributed by atoms with E-state index < -0.39 is 4.92 Å². The van der Waals surface area contributed by atoms with Gasteiger partial charge in [0.25, 0.3) is 0 Å². The molecule has 0 radical (unpaired) electrons. The van der Waals surface area contributed by atoms with Crippen molar-refractivity contribution in [2.45, 2.75) is 6.04 Å². The van der Waals surface area contributed by atoms with Crippen molar-refractivity contribution in [1.29, 1.82) is 0 Å². The molecule has 0 saturated carbocycles. The van der Waals surface area contributed by atoms with Crippen LogP contribution >= 0.6 is 15.9 Å². The number of halogens is 1. The van der Waals surface area contributed by atoms with Gasteiger partial charge in [-0.25, -0.2) is 4.98 Å². The minimum atomic E-state index is -0.436. The van der Waals surface area contributed by atoms with Gasteiger partial charge in [-0.1, -0.05) is 60.7 Å². The van der Waals surface area contributed by atoms with E-state index in [9.17, 15) is 10.1 Å². The number of hydrogen-bond acceptors (Lipinski definition) is 4. The van der Waals surface area contributed by atoms with Crippen LogP contribution in [-0.4, -0.2) is 9.91 Å². The van der Waals surface area contributed by atoms with Gasteiger partial charge in [0, 0.05) is 6.07 Å². The first kappa shape index (κ1) is 16.1. The lowest BCUT2D eigenvalue weighted by Gasteiger charge is -2.20. The predicted octanol–water partition coefficient (Wildman–Crippen LogP) is 4.95.